The molecular formula is C18H21NO3S. The van der Waals surface area contributed by atoms with E-state index >= 15 is 0 Å². The van der Waals surface area contributed by atoms with Crippen molar-refractivity contribution in [3.63, 3.8) is 0 Å². The van der Waals surface area contributed by atoms with Gasteiger partial charge in [-0.3, -0.25) is 4.31 Å². The Balaban J connectivity index is 1.84. The number of aryl methyl sites for hydroxylation is 1. The topological polar surface area (TPSA) is 46.6 Å². The zero-order chi connectivity index (χ0) is 16.5. The van der Waals surface area contributed by atoms with Crippen molar-refractivity contribution in [2.24, 2.45) is 0 Å². The second-order valence-electron chi connectivity index (χ2n) is 6.97. The second kappa shape index (κ2) is 4.48. The van der Waals surface area contributed by atoms with Crippen LogP contribution in [0.3, 0.4) is 0 Å². The first-order valence-corrected chi connectivity index (χ1v) is 9.44. The Bertz CT molecular complexity index is 838. The predicted molar refractivity (Wildman–Crippen MR) is 88.4 cm³/mol. The van der Waals surface area contributed by atoms with Gasteiger partial charge in [-0.1, -0.05) is 17.7 Å². The van der Waals surface area contributed by atoms with Crippen LogP contribution in [0.4, 0.5) is 0 Å². The number of rotatable bonds is 2. The van der Waals surface area contributed by atoms with Crippen molar-refractivity contribution in [2.45, 2.75) is 49.7 Å². The molecule has 5 heteroatoms. The van der Waals surface area contributed by atoms with Crippen LogP contribution in [0.15, 0.2) is 52.6 Å². The molecule has 4 rings (SSSR count). The van der Waals surface area contributed by atoms with Gasteiger partial charge in [-0.25, -0.2) is 8.42 Å². The van der Waals surface area contributed by atoms with Gasteiger partial charge >= 0.3 is 0 Å². The summed E-state index contributed by atoms with van der Waals surface area (Å²) in [5, 5.41) is 0. The summed E-state index contributed by atoms with van der Waals surface area (Å²) in [6.45, 7) is 6.45. The Labute approximate surface area is 137 Å². The van der Waals surface area contributed by atoms with Gasteiger partial charge in [-0.15, -0.1) is 0 Å². The van der Waals surface area contributed by atoms with E-state index in [-0.39, 0.29) is 0 Å². The van der Waals surface area contributed by atoms with E-state index in [4.69, 9.17) is 4.74 Å². The largest absolute Gasteiger partial charge is 0.350 e. The summed E-state index contributed by atoms with van der Waals surface area (Å²) in [4.78, 5) is 0.345. The van der Waals surface area contributed by atoms with Gasteiger partial charge in [0.2, 0.25) is 0 Å². The molecule has 3 aliphatic rings. The third-order valence-corrected chi connectivity index (χ3v) is 6.96. The Hall–Kier alpha value is -1.59. The Morgan fingerprint density at radius 3 is 2.43 bits per heavy atom. The van der Waals surface area contributed by atoms with Crippen LogP contribution >= 0.6 is 0 Å². The molecule has 0 saturated heterocycles. The summed E-state index contributed by atoms with van der Waals surface area (Å²) in [5.74, 6) is 0. The molecule has 4 nitrogen and oxygen atoms in total. The fourth-order valence-electron chi connectivity index (χ4n) is 4.00. The molecule has 0 radical (unpaired) electrons. The fourth-order valence-corrected chi connectivity index (χ4v) is 5.64. The molecular weight excluding hydrogens is 310 g/mol. The highest BCUT2D eigenvalue weighted by molar-refractivity contribution is 7.89. The zero-order valence-corrected chi connectivity index (χ0v) is 14.5. The molecule has 2 unspecified atom stereocenters. The van der Waals surface area contributed by atoms with Crippen molar-refractivity contribution in [3.8, 4) is 0 Å². The fraction of sp³-hybridized carbons (Fsp3) is 0.444. The number of fused-ring (bicyclic) bond motifs is 4. The van der Waals surface area contributed by atoms with E-state index in [1.807, 2.05) is 39.0 Å². The Morgan fingerprint density at radius 2 is 1.74 bits per heavy atom. The lowest BCUT2D eigenvalue weighted by Gasteiger charge is -2.36. The minimum absolute atomic E-state index is 0.345. The molecule has 1 aromatic rings. The molecule has 3 aliphatic heterocycles. The summed E-state index contributed by atoms with van der Waals surface area (Å²) < 4.78 is 34.1. The highest BCUT2D eigenvalue weighted by Gasteiger charge is 2.56. The average Bonchev–Trinajstić information content (AvgIpc) is 2.95. The third-order valence-electron chi connectivity index (χ3n) is 5.15. The first kappa shape index (κ1) is 15.0. The number of hydrogen-bond acceptors (Lipinski definition) is 3. The number of ether oxygens (including phenoxy) is 1. The smallest absolute Gasteiger partial charge is 0.264 e. The summed E-state index contributed by atoms with van der Waals surface area (Å²) in [6.07, 6.45) is 5.78. The van der Waals surface area contributed by atoms with Gasteiger partial charge in [0.25, 0.3) is 10.0 Å². The molecule has 2 bridgehead atoms. The van der Waals surface area contributed by atoms with Crippen LogP contribution in [-0.4, -0.2) is 30.5 Å². The Kier molecular flexibility index (Phi) is 2.92. The van der Waals surface area contributed by atoms with Crippen LogP contribution in [-0.2, 0) is 14.8 Å². The van der Waals surface area contributed by atoms with Crippen LogP contribution in [0.25, 0.3) is 0 Å². The molecule has 122 valence electrons. The van der Waals surface area contributed by atoms with E-state index in [1.54, 1.807) is 16.4 Å². The van der Waals surface area contributed by atoms with Crippen molar-refractivity contribution in [1.29, 1.82) is 0 Å². The van der Waals surface area contributed by atoms with Gasteiger partial charge in [0, 0.05) is 6.54 Å². The van der Waals surface area contributed by atoms with Gasteiger partial charge < -0.3 is 4.74 Å². The monoisotopic (exact) mass is 331 g/mol. The third kappa shape index (κ3) is 1.96. The molecule has 0 saturated carbocycles. The molecule has 0 N–H and O–H groups in total. The van der Waals surface area contributed by atoms with Crippen molar-refractivity contribution in [1.82, 2.24) is 4.31 Å². The predicted octanol–water partition coefficient (Wildman–Crippen LogP) is 3.15. The Morgan fingerprint density at radius 1 is 1.09 bits per heavy atom. The van der Waals surface area contributed by atoms with E-state index in [0.29, 0.717) is 11.4 Å². The van der Waals surface area contributed by atoms with E-state index < -0.39 is 21.2 Å². The summed E-state index contributed by atoms with van der Waals surface area (Å²) in [5.41, 5.74) is 1.90. The van der Waals surface area contributed by atoms with Gasteiger partial charge in [0.15, 0.2) is 0 Å². The van der Waals surface area contributed by atoms with Crippen molar-refractivity contribution >= 4 is 10.0 Å². The number of hydrogen-bond donors (Lipinski definition) is 0. The molecule has 3 heterocycles. The number of nitrogens with zero attached hydrogens (tertiary/aromatic N) is 1. The molecule has 0 aromatic heterocycles. The summed E-state index contributed by atoms with van der Waals surface area (Å²) in [6, 6.07) is 7.06. The van der Waals surface area contributed by atoms with E-state index in [0.717, 1.165) is 29.7 Å². The standard InChI is InChI=1S/C18H21NO3S/c1-13-6-8-14(9-7-13)23(20,21)19-12-4-5-15-16(19)18(3)11-10-17(15,2)22-18/h6-11H,4-5,12H2,1-3H3. The van der Waals surface area contributed by atoms with Gasteiger partial charge in [0.1, 0.15) is 11.2 Å². The van der Waals surface area contributed by atoms with Crippen molar-refractivity contribution in [3.05, 3.63) is 53.3 Å². The van der Waals surface area contributed by atoms with E-state index in [2.05, 4.69) is 6.08 Å². The molecule has 0 fully saturated rings. The number of benzene rings is 1. The van der Waals surface area contributed by atoms with Crippen LogP contribution in [0.2, 0.25) is 0 Å². The highest BCUT2D eigenvalue weighted by Crippen LogP contribution is 2.54. The SMILES string of the molecule is Cc1ccc(S(=O)(=O)N2CCCC3=C2C2(C)C=CC3(C)O2)cc1. The maximum atomic E-state index is 13.2. The molecule has 0 amide bonds. The minimum Gasteiger partial charge on any atom is -0.350 e. The zero-order valence-electron chi connectivity index (χ0n) is 13.7. The molecule has 0 spiro atoms. The number of sulfonamides is 1. The maximum Gasteiger partial charge on any atom is 0.264 e. The quantitative estimate of drug-likeness (QED) is 0.782. The van der Waals surface area contributed by atoms with Gasteiger partial charge in [-0.05, 0) is 63.5 Å². The summed E-state index contributed by atoms with van der Waals surface area (Å²) in [7, 11) is -3.56. The first-order chi connectivity index (χ1) is 10.8. The van der Waals surface area contributed by atoms with Gasteiger partial charge in [-0.2, -0.15) is 0 Å². The van der Waals surface area contributed by atoms with Crippen molar-refractivity contribution in [2.75, 3.05) is 6.54 Å². The van der Waals surface area contributed by atoms with Crippen LogP contribution in [0.5, 0.6) is 0 Å². The lowest BCUT2D eigenvalue weighted by Crippen LogP contribution is -2.42. The molecule has 23 heavy (non-hydrogen) atoms. The molecule has 1 aromatic carbocycles. The summed E-state index contributed by atoms with van der Waals surface area (Å²) >= 11 is 0. The minimum atomic E-state index is -3.56. The molecule has 0 aliphatic carbocycles. The normalized spacial score (nSPS) is 32.6. The second-order valence-corrected chi connectivity index (χ2v) is 8.83. The first-order valence-electron chi connectivity index (χ1n) is 8.00. The lowest BCUT2D eigenvalue weighted by molar-refractivity contribution is -0.00731. The van der Waals surface area contributed by atoms with E-state index in [1.165, 1.54) is 0 Å². The van der Waals surface area contributed by atoms with Crippen LogP contribution in [0, 0.1) is 6.92 Å². The van der Waals surface area contributed by atoms with Crippen LogP contribution in [0.1, 0.15) is 32.3 Å². The average molecular weight is 331 g/mol. The van der Waals surface area contributed by atoms with Crippen LogP contribution < -0.4 is 0 Å². The lowest BCUT2D eigenvalue weighted by atomic mass is 9.83. The highest BCUT2D eigenvalue weighted by atomic mass is 32.2. The van der Waals surface area contributed by atoms with Crippen molar-refractivity contribution < 1.29 is 13.2 Å². The molecule has 2 atom stereocenters. The van der Waals surface area contributed by atoms with Gasteiger partial charge in [0.05, 0.1) is 10.6 Å². The van der Waals surface area contributed by atoms with E-state index in [9.17, 15) is 8.42 Å². The maximum absolute atomic E-state index is 13.2.